The van der Waals surface area contributed by atoms with E-state index >= 15 is 0 Å². The molecule has 2 rings (SSSR count). The first kappa shape index (κ1) is 15.0. The van der Waals surface area contributed by atoms with E-state index in [4.69, 9.17) is 5.73 Å². The molecule has 0 aliphatic carbocycles. The summed E-state index contributed by atoms with van der Waals surface area (Å²) in [6.45, 7) is 3.94. The molecule has 2 N–H and O–H groups in total. The van der Waals surface area contributed by atoms with Gasteiger partial charge in [0.2, 0.25) is 5.91 Å². The van der Waals surface area contributed by atoms with E-state index in [2.05, 4.69) is 0 Å². The van der Waals surface area contributed by atoms with Crippen LogP contribution in [0.1, 0.15) is 24.1 Å². The Labute approximate surface area is 119 Å². The van der Waals surface area contributed by atoms with E-state index in [1.54, 1.807) is 11.8 Å². The lowest BCUT2D eigenvalue weighted by molar-refractivity contribution is -0.134. The smallest absolute Gasteiger partial charge is 0.244 e. The van der Waals surface area contributed by atoms with Crippen molar-refractivity contribution in [2.75, 3.05) is 18.1 Å². The van der Waals surface area contributed by atoms with Gasteiger partial charge < -0.3 is 10.6 Å². The molecule has 0 saturated carbocycles. The van der Waals surface area contributed by atoms with Gasteiger partial charge in [-0.05, 0) is 19.4 Å². The highest BCUT2D eigenvalue weighted by Gasteiger charge is 2.33. The lowest BCUT2D eigenvalue weighted by Gasteiger charge is -2.34. The van der Waals surface area contributed by atoms with Crippen molar-refractivity contribution in [2.24, 2.45) is 5.73 Å². The quantitative estimate of drug-likeness (QED) is 0.868. The summed E-state index contributed by atoms with van der Waals surface area (Å²) in [6, 6.07) is 6.43. The molecule has 1 aromatic rings. The molecule has 2 atom stereocenters. The second-order valence-electron chi connectivity index (χ2n) is 5.38. The summed E-state index contributed by atoms with van der Waals surface area (Å²) in [5.74, 6) is -0.181. The monoisotopic (exact) mass is 296 g/mol. The Morgan fingerprint density at radius 1 is 1.35 bits per heavy atom. The van der Waals surface area contributed by atoms with Gasteiger partial charge in [0.25, 0.3) is 0 Å². The third-order valence-electron chi connectivity index (χ3n) is 3.66. The highest BCUT2D eigenvalue weighted by molar-refractivity contribution is 7.91. The van der Waals surface area contributed by atoms with E-state index in [-0.39, 0.29) is 30.0 Å². The minimum Gasteiger partial charge on any atom is -0.336 e. The first-order valence-electron chi connectivity index (χ1n) is 6.63. The van der Waals surface area contributed by atoms with Crippen LogP contribution in [0.5, 0.6) is 0 Å². The van der Waals surface area contributed by atoms with Crippen molar-refractivity contribution in [3.8, 4) is 0 Å². The van der Waals surface area contributed by atoms with Crippen molar-refractivity contribution in [3.05, 3.63) is 35.4 Å². The average molecular weight is 296 g/mol. The van der Waals surface area contributed by atoms with E-state index < -0.39 is 15.9 Å². The van der Waals surface area contributed by atoms with Crippen molar-refractivity contribution < 1.29 is 13.2 Å². The molecule has 20 heavy (non-hydrogen) atoms. The Hall–Kier alpha value is -1.40. The molecule has 1 fully saturated rings. The maximum atomic E-state index is 12.4. The number of aryl methyl sites for hydroxylation is 1. The zero-order valence-corrected chi connectivity index (χ0v) is 12.6. The summed E-state index contributed by atoms with van der Waals surface area (Å²) in [4.78, 5) is 14.0. The number of nitrogens with zero attached hydrogens (tertiary/aromatic N) is 1. The fraction of sp³-hybridized carbons (Fsp3) is 0.500. The number of sulfone groups is 1. The predicted octanol–water partition coefficient (Wildman–Crippen LogP) is 0.640. The number of benzene rings is 1. The molecular weight excluding hydrogens is 276 g/mol. The largest absolute Gasteiger partial charge is 0.336 e. The predicted molar refractivity (Wildman–Crippen MR) is 77.9 cm³/mol. The van der Waals surface area contributed by atoms with Crippen LogP contribution >= 0.6 is 0 Å². The van der Waals surface area contributed by atoms with Crippen LogP contribution in [0, 0.1) is 6.92 Å². The molecular formula is C14H20N2O3S. The molecule has 1 saturated heterocycles. The summed E-state index contributed by atoms with van der Waals surface area (Å²) >= 11 is 0. The fourth-order valence-electron chi connectivity index (χ4n) is 2.42. The Bertz CT molecular complexity index is 595. The van der Waals surface area contributed by atoms with Crippen molar-refractivity contribution in [1.29, 1.82) is 0 Å². The molecule has 1 heterocycles. The zero-order chi connectivity index (χ0) is 14.9. The molecule has 0 spiro atoms. The van der Waals surface area contributed by atoms with Crippen LogP contribution in [0.25, 0.3) is 0 Å². The average Bonchev–Trinajstić information content (AvgIpc) is 2.37. The van der Waals surface area contributed by atoms with Crippen molar-refractivity contribution >= 4 is 15.7 Å². The first-order chi connectivity index (χ1) is 9.30. The molecule has 6 heteroatoms. The molecule has 0 radical (unpaired) electrons. The summed E-state index contributed by atoms with van der Waals surface area (Å²) in [7, 11) is -3.03. The van der Waals surface area contributed by atoms with Gasteiger partial charge in [-0.3, -0.25) is 4.79 Å². The van der Waals surface area contributed by atoms with E-state index in [1.165, 1.54) is 0 Å². The van der Waals surface area contributed by atoms with Gasteiger partial charge in [0, 0.05) is 12.6 Å². The minimum absolute atomic E-state index is 0.0133. The van der Waals surface area contributed by atoms with E-state index in [1.807, 2.05) is 31.2 Å². The van der Waals surface area contributed by atoms with Crippen LogP contribution < -0.4 is 5.73 Å². The van der Waals surface area contributed by atoms with Crippen LogP contribution in [0.2, 0.25) is 0 Å². The second-order valence-corrected chi connectivity index (χ2v) is 7.61. The standard InChI is InChI=1S/C14H20N2O3S/c1-10-3-5-12(6-4-10)13(15)14(17)16-7-8-20(18,19)9-11(16)2/h3-6,11,13H,7-9,15H2,1-2H3. The highest BCUT2D eigenvalue weighted by atomic mass is 32.2. The SMILES string of the molecule is Cc1ccc(C(N)C(=O)N2CCS(=O)(=O)CC2C)cc1. The molecule has 1 aliphatic rings. The molecule has 0 aromatic heterocycles. The normalized spacial score (nSPS) is 23.4. The fourth-order valence-corrected chi connectivity index (χ4v) is 3.98. The number of amides is 1. The molecule has 5 nitrogen and oxygen atoms in total. The Kier molecular flexibility index (Phi) is 4.15. The Morgan fingerprint density at radius 3 is 2.50 bits per heavy atom. The third-order valence-corrected chi connectivity index (χ3v) is 5.45. The zero-order valence-electron chi connectivity index (χ0n) is 11.7. The molecule has 1 aromatic carbocycles. The van der Waals surface area contributed by atoms with Crippen molar-refractivity contribution in [1.82, 2.24) is 4.90 Å². The van der Waals surface area contributed by atoms with E-state index in [0.717, 1.165) is 11.1 Å². The van der Waals surface area contributed by atoms with Gasteiger partial charge in [0.15, 0.2) is 9.84 Å². The maximum absolute atomic E-state index is 12.4. The van der Waals surface area contributed by atoms with Gasteiger partial charge in [0.1, 0.15) is 6.04 Å². The summed E-state index contributed by atoms with van der Waals surface area (Å²) in [5, 5.41) is 0. The van der Waals surface area contributed by atoms with Gasteiger partial charge in [-0.1, -0.05) is 29.8 Å². The summed E-state index contributed by atoms with van der Waals surface area (Å²) in [6.07, 6.45) is 0. The number of carbonyl (C=O) groups excluding carboxylic acids is 1. The topological polar surface area (TPSA) is 80.5 Å². The van der Waals surface area contributed by atoms with Crippen LogP contribution in [0.3, 0.4) is 0 Å². The van der Waals surface area contributed by atoms with E-state index in [0.29, 0.717) is 0 Å². The molecule has 2 unspecified atom stereocenters. The van der Waals surface area contributed by atoms with Gasteiger partial charge in [-0.25, -0.2) is 8.42 Å². The molecule has 110 valence electrons. The highest BCUT2D eigenvalue weighted by Crippen LogP contribution is 2.19. The third kappa shape index (κ3) is 3.19. The van der Waals surface area contributed by atoms with Crippen molar-refractivity contribution in [2.45, 2.75) is 25.9 Å². The second kappa shape index (κ2) is 5.54. The summed E-state index contributed by atoms with van der Waals surface area (Å²) in [5.41, 5.74) is 7.86. The molecule has 0 bridgehead atoms. The van der Waals surface area contributed by atoms with Gasteiger partial charge in [0.05, 0.1) is 11.5 Å². The molecule has 1 amide bonds. The van der Waals surface area contributed by atoms with Gasteiger partial charge >= 0.3 is 0 Å². The lowest BCUT2D eigenvalue weighted by atomic mass is 10.0. The van der Waals surface area contributed by atoms with Crippen molar-refractivity contribution in [3.63, 3.8) is 0 Å². The number of nitrogens with two attached hydrogens (primary N) is 1. The number of hydrogen-bond donors (Lipinski definition) is 1. The van der Waals surface area contributed by atoms with Crippen LogP contribution in [-0.4, -0.2) is 43.3 Å². The van der Waals surface area contributed by atoms with Gasteiger partial charge in [-0.2, -0.15) is 0 Å². The first-order valence-corrected chi connectivity index (χ1v) is 8.45. The maximum Gasteiger partial charge on any atom is 0.244 e. The van der Waals surface area contributed by atoms with Gasteiger partial charge in [-0.15, -0.1) is 0 Å². The Balaban J connectivity index is 2.13. The van der Waals surface area contributed by atoms with E-state index in [9.17, 15) is 13.2 Å². The number of rotatable bonds is 2. The molecule has 1 aliphatic heterocycles. The number of carbonyl (C=O) groups is 1. The minimum atomic E-state index is -3.03. The lowest BCUT2D eigenvalue weighted by Crippen LogP contribution is -2.52. The van der Waals surface area contributed by atoms with Crippen LogP contribution in [0.15, 0.2) is 24.3 Å². The Morgan fingerprint density at radius 2 is 1.95 bits per heavy atom. The van der Waals surface area contributed by atoms with Crippen LogP contribution in [0.4, 0.5) is 0 Å². The summed E-state index contributed by atoms with van der Waals surface area (Å²) < 4.78 is 23.1. The number of hydrogen-bond acceptors (Lipinski definition) is 4. The van der Waals surface area contributed by atoms with Crippen LogP contribution in [-0.2, 0) is 14.6 Å².